The summed E-state index contributed by atoms with van der Waals surface area (Å²) < 4.78 is 0. The number of hydrogen-bond acceptors (Lipinski definition) is 1. The van der Waals surface area contributed by atoms with E-state index in [4.69, 9.17) is 11.6 Å². The molecule has 0 amide bonds. The molecular formula is C12H18ClN. The molecular weight excluding hydrogens is 194 g/mol. The van der Waals surface area contributed by atoms with Crippen molar-refractivity contribution < 1.29 is 0 Å². The molecule has 0 aliphatic carbocycles. The number of hydrogen-bond donors (Lipinski definition) is 1. The van der Waals surface area contributed by atoms with Gasteiger partial charge in [0.25, 0.3) is 0 Å². The molecule has 1 aromatic rings. The second kappa shape index (κ2) is 4.70. The molecule has 0 aliphatic heterocycles. The number of nitrogens with one attached hydrogen (secondary N) is 1. The summed E-state index contributed by atoms with van der Waals surface area (Å²) in [7, 11) is 0. The Morgan fingerprint density at radius 3 is 2.29 bits per heavy atom. The van der Waals surface area contributed by atoms with Crippen LogP contribution in [0.3, 0.4) is 0 Å². The van der Waals surface area contributed by atoms with Crippen LogP contribution in [0.2, 0.25) is 0 Å². The fourth-order valence-corrected chi connectivity index (χ4v) is 1.15. The number of aryl methyl sites for hydroxylation is 1. The number of benzene rings is 1. The van der Waals surface area contributed by atoms with Gasteiger partial charge in [0.05, 0.1) is 0 Å². The molecule has 0 aromatic heterocycles. The van der Waals surface area contributed by atoms with Crippen LogP contribution in [0.5, 0.6) is 0 Å². The molecule has 78 valence electrons. The highest BCUT2D eigenvalue weighted by atomic mass is 35.5. The van der Waals surface area contributed by atoms with Gasteiger partial charge in [-0.05, 0) is 24.5 Å². The SMILES string of the molecule is Cc1ccc(NCC(C)(C)CCl)cc1. The van der Waals surface area contributed by atoms with Gasteiger partial charge in [-0.25, -0.2) is 0 Å². The van der Waals surface area contributed by atoms with Gasteiger partial charge in [0.1, 0.15) is 0 Å². The summed E-state index contributed by atoms with van der Waals surface area (Å²) in [6.45, 7) is 7.30. The van der Waals surface area contributed by atoms with Gasteiger partial charge in [0.15, 0.2) is 0 Å². The van der Waals surface area contributed by atoms with E-state index >= 15 is 0 Å². The minimum Gasteiger partial charge on any atom is -0.384 e. The van der Waals surface area contributed by atoms with E-state index in [2.05, 4.69) is 50.4 Å². The lowest BCUT2D eigenvalue weighted by Gasteiger charge is -2.22. The van der Waals surface area contributed by atoms with Crippen LogP contribution in [0.1, 0.15) is 19.4 Å². The lowest BCUT2D eigenvalue weighted by atomic mass is 9.96. The highest BCUT2D eigenvalue weighted by Gasteiger charge is 2.15. The molecule has 1 nitrogen and oxygen atoms in total. The minimum absolute atomic E-state index is 0.145. The van der Waals surface area contributed by atoms with Crippen molar-refractivity contribution >= 4 is 17.3 Å². The van der Waals surface area contributed by atoms with Crippen molar-refractivity contribution in [2.24, 2.45) is 5.41 Å². The molecule has 0 heterocycles. The predicted octanol–water partition coefficient (Wildman–Crippen LogP) is 3.67. The molecule has 0 spiro atoms. The van der Waals surface area contributed by atoms with Crippen LogP contribution >= 0.6 is 11.6 Å². The van der Waals surface area contributed by atoms with Crippen molar-refractivity contribution in [3.05, 3.63) is 29.8 Å². The molecule has 0 unspecified atom stereocenters. The molecule has 1 rings (SSSR count). The summed E-state index contributed by atoms with van der Waals surface area (Å²) in [5, 5.41) is 3.38. The maximum atomic E-state index is 5.84. The van der Waals surface area contributed by atoms with Gasteiger partial charge in [-0.1, -0.05) is 31.5 Å². The number of rotatable bonds is 4. The standard InChI is InChI=1S/C12H18ClN/c1-10-4-6-11(7-5-10)14-9-12(2,3)8-13/h4-7,14H,8-9H2,1-3H3. The van der Waals surface area contributed by atoms with Gasteiger partial charge in [0, 0.05) is 18.1 Å². The average molecular weight is 212 g/mol. The van der Waals surface area contributed by atoms with Crippen molar-refractivity contribution in [3.63, 3.8) is 0 Å². The Kier molecular flexibility index (Phi) is 3.82. The minimum atomic E-state index is 0.145. The molecule has 0 saturated carbocycles. The molecule has 0 radical (unpaired) electrons. The Morgan fingerprint density at radius 2 is 1.79 bits per heavy atom. The second-order valence-corrected chi connectivity index (χ2v) is 4.78. The van der Waals surface area contributed by atoms with Crippen LogP contribution in [0.15, 0.2) is 24.3 Å². The third-order valence-corrected chi connectivity index (χ3v) is 2.91. The fraction of sp³-hybridized carbons (Fsp3) is 0.500. The van der Waals surface area contributed by atoms with Crippen molar-refractivity contribution in [2.45, 2.75) is 20.8 Å². The first-order chi connectivity index (χ1) is 6.53. The van der Waals surface area contributed by atoms with E-state index in [1.807, 2.05) is 0 Å². The smallest absolute Gasteiger partial charge is 0.0340 e. The van der Waals surface area contributed by atoms with E-state index in [1.54, 1.807) is 0 Å². The average Bonchev–Trinajstić information content (AvgIpc) is 2.17. The number of anilines is 1. The molecule has 0 aliphatic rings. The highest BCUT2D eigenvalue weighted by Crippen LogP contribution is 2.18. The Hall–Kier alpha value is -0.690. The van der Waals surface area contributed by atoms with E-state index in [1.165, 1.54) is 5.56 Å². The Morgan fingerprint density at radius 1 is 1.21 bits per heavy atom. The zero-order valence-electron chi connectivity index (χ0n) is 9.10. The van der Waals surface area contributed by atoms with Gasteiger partial charge in [0.2, 0.25) is 0 Å². The van der Waals surface area contributed by atoms with Crippen molar-refractivity contribution in [1.29, 1.82) is 0 Å². The first-order valence-electron chi connectivity index (χ1n) is 4.90. The van der Waals surface area contributed by atoms with E-state index in [9.17, 15) is 0 Å². The number of halogens is 1. The molecule has 2 heteroatoms. The van der Waals surface area contributed by atoms with E-state index in [0.29, 0.717) is 5.88 Å². The first kappa shape index (κ1) is 11.4. The third-order valence-electron chi connectivity index (χ3n) is 2.18. The molecule has 0 bridgehead atoms. The van der Waals surface area contributed by atoms with Gasteiger partial charge >= 0.3 is 0 Å². The highest BCUT2D eigenvalue weighted by molar-refractivity contribution is 6.18. The summed E-state index contributed by atoms with van der Waals surface area (Å²) in [4.78, 5) is 0. The Balaban J connectivity index is 2.50. The fourth-order valence-electron chi connectivity index (χ4n) is 1.06. The summed E-state index contributed by atoms with van der Waals surface area (Å²) in [6, 6.07) is 8.41. The van der Waals surface area contributed by atoms with Gasteiger partial charge in [-0.3, -0.25) is 0 Å². The van der Waals surface area contributed by atoms with Crippen LogP contribution in [-0.2, 0) is 0 Å². The summed E-state index contributed by atoms with van der Waals surface area (Å²) in [6.07, 6.45) is 0. The van der Waals surface area contributed by atoms with E-state index in [0.717, 1.165) is 12.2 Å². The summed E-state index contributed by atoms with van der Waals surface area (Å²) >= 11 is 5.84. The molecule has 14 heavy (non-hydrogen) atoms. The van der Waals surface area contributed by atoms with Crippen LogP contribution in [-0.4, -0.2) is 12.4 Å². The van der Waals surface area contributed by atoms with Crippen molar-refractivity contribution in [2.75, 3.05) is 17.7 Å². The van der Waals surface area contributed by atoms with Crippen LogP contribution < -0.4 is 5.32 Å². The predicted molar refractivity (Wildman–Crippen MR) is 64.2 cm³/mol. The zero-order valence-corrected chi connectivity index (χ0v) is 9.86. The summed E-state index contributed by atoms with van der Waals surface area (Å²) in [5.41, 5.74) is 2.59. The van der Waals surface area contributed by atoms with Gasteiger partial charge < -0.3 is 5.32 Å². The van der Waals surface area contributed by atoms with E-state index < -0.39 is 0 Å². The lowest BCUT2D eigenvalue weighted by Crippen LogP contribution is -2.24. The summed E-state index contributed by atoms with van der Waals surface area (Å²) in [5.74, 6) is 0.672. The van der Waals surface area contributed by atoms with Crippen molar-refractivity contribution in [1.82, 2.24) is 0 Å². The normalized spacial score (nSPS) is 11.4. The first-order valence-corrected chi connectivity index (χ1v) is 5.43. The van der Waals surface area contributed by atoms with Gasteiger partial charge in [-0.15, -0.1) is 11.6 Å². The molecule has 1 aromatic carbocycles. The largest absolute Gasteiger partial charge is 0.384 e. The molecule has 0 saturated heterocycles. The van der Waals surface area contributed by atoms with Gasteiger partial charge in [-0.2, -0.15) is 0 Å². The molecule has 1 N–H and O–H groups in total. The zero-order chi connectivity index (χ0) is 10.6. The lowest BCUT2D eigenvalue weighted by molar-refractivity contribution is 0.450. The van der Waals surface area contributed by atoms with Crippen LogP contribution in [0.4, 0.5) is 5.69 Å². The topological polar surface area (TPSA) is 12.0 Å². The van der Waals surface area contributed by atoms with E-state index in [-0.39, 0.29) is 5.41 Å². The Labute approximate surface area is 91.5 Å². The molecule has 0 fully saturated rings. The third kappa shape index (κ3) is 3.59. The van der Waals surface area contributed by atoms with Crippen LogP contribution in [0, 0.1) is 12.3 Å². The second-order valence-electron chi connectivity index (χ2n) is 4.52. The van der Waals surface area contributed by atoms with Crippen LogP contribution in [0.25, 0.3) is 0 Å². The maximum Gasteiger partial charge on any atom is 0.0340 e. The monoisotopic (exact) mass is 211 g/mol. The Bertz CT molecular complexity index is 277. The maximum absolute atomic E-state index is 5.84. The quantitative estimate of drug-likeness (QED) is 0.750. The van der Waals surface area contributed by atoms with Crippen molar-refractivity contribution in [3.8, 4) is 0 Å². The number of alkyl halides is 1. The molecule has 0 atom stereocenters.